The number of nitrogens with two attached hydrogens (primary N) is 1. The van der Waals surface area contributed by atoms with Gasteiger partial charge in [0, 0.05) is 12.6 Å². The van der Waals surface area contributed by atoms with Gasteiger partial charge in [0.1, 0.15) is 17.7 Å². The first-order chi connectivity index (χ1) is 10.1. The standard InChI is InChI=1S/C16H16F2N2O/c17-13-8-11(9-14(18)10-13)6-7-20-15(16(19)21)12-4-2-1-3-5-12/h1-5,8-10,15,20H,6-7H2,(H2,19,21). The summed E-state index contributed by atoms with van der Waals surface area (Å²) >= 11 is 0. The monoisotopic (exact) mass is 290 g/mol. The molecule has 0 radical (unpaired) electrons. The molecule has 1 atom stereocenters. The molecule has 0 aliphatic rings. The maximum Gasteiger partial charge on any atom is 0.239 e. The number of halogens is 2. The van der Waals surface area contributed by atoms with Crippen LogP contribution in [0.3, 0.4) is 0 Å². The Balaban J connectivity index is 1.98. The summed E-state index contributed by atoms with van der Waals surface area (Å²) in [5, 5.41) is 3.00. The van der Waals surface area contributed by atoms with E-state index in [-0.39, 0.29) is 0 Å². The summed E-state index contributed by atoms with van der Waals surface area (Å²) in [6, 6.07) is 11.8. The van der Waals surface area contributed by atoms with Gasteiger partial charge in [0.05, 0.1) is 0 Å². The summed E-state index contributed by atoms with van der Waals surface area (Å²) in [5.41, 5.74) is 6.66. The Morgan fingerprint density at radius 3 is 2.29 bits per heavy atom. The van der Waals surface area contributed by atoms with E-state index in [1.807, 2.05) is 18.2 Å². The minimum absolute atomic E-state index is 0.380. The van der Waals surface area contributed by atoms with Crippen LogP contribution in [0.4, 0.5) is 8.78 Å². The molecule has 21 heavy (non-hydrogen) atoms. The second-order valence-corrected chi connectivity index (χ2v) is 4.73. The molecule has 0 saturated carbocycles. The highest BCUT2D eigenvalue weighted by molar-refractivity contribution is 5.81. The van der Waals surface area contributed by atoms with Gasteiger partial charge in [-0.15, -0.1) is 0 Å². The Morgan fingerprint density at radius 2 is 1.71 bits per heavy atom. The van der Waals surface area contributed by atoms with E-state index in [4.69, 9.17) is 5.73 Å². The summed E-state index contributed by atoms with van der Waals surface area (Å²) < 4.78 is 26.1. The lowest BCUT2D eigenvalue weighted by atomic mass is 10.1. The molecule has 0 bridgehead atoms. The van der Waals surface area contributed by atoms with Gasteiger partial charge in [-0.25, -0.2) is 8.78 Å². The molecule has 0 aromatic heterocycles. The van der Waals surface area contributed by atoms with Gasteiger partial charge in [-0.2, -0.15) is 0 Å². The van der Waals surface area contributed by atoms with Crippen molar-refractivity contribution in [2.45, 2.75) is 12.5 Å². The van der Waals surface area contributed by atoms with Crippen molar-refractivity contribution >= 4 is 5.91 Å². The van der Waals surface area contributed by atoms with E-state index in [1.54, 1.807) is 12.1 Å². The summed E-state index contributed by atoms with van der Waals surface area (Å²) in [6.45, 7) is 0.380. The molecule has 2 aromatic rings. The van der Waals surface area contributed by atoms with Gasteiger partial charge in [-0.05, 0) is 29.7 Å². The molecule has 3 N–H and O–H groups in total. The van der Waals surface area contributed by atoms with Gasteiger partial charge in [-0.3, -0.25) is 4.79 Å². The molecule has 5 heteroatoms. The molecule has 0 spiro atoms. The Kier molecular flexibility index (Phi) is 5.00. The Morgan fingerprint density at radius 1 is 1.10 bits per heavy atom. The van der Waals surface area contributed by atoms with Crippen LogP contribution in [-0.4, -0.2) is 12.5 Å². The molecule has 0 aliphatic carbocycles. The van der Waals surface area contributed by atoms with E-state index in [0.717, 1.165) is 11.6 Å². The molecule has 110 valence electrons. The highest BCUT2D eigenvalue weighted by atomic mass is 19.1. The third kappa shape index (κ3) is 4.36. The van der Waals surface area contributed by atoms with Crippen molar-refractivity contribution in [3.05, 3.63) is 71.3 Å². The van der Waals surface area contributed by atoms with Crippen molar-refractivity contribution in [3.63, 3.8) is 0 Å². The highest BCUT2D eigenvalue weighted by Gasteiger charge is 2.16. The molecule has 0 heterocycles. The maximum absolute atomic E-state index is 13.1. The number of nitrogens with one attached hydrogen (secondary N) is 1. The average molecular weight is 290 g/mol. The number of amides is 1. The molecule has 1 amide bonds. The molecular formula is C16H16F2N2O. The minimum atomic E-state index is -0.621. The SMILES string of the molecule is NC(=O)C(NCCc1cc(F)cc(F)c1)c1ccccc1. The quantitative estimate of drug-likeness (QED) is 0.858. The number of benzene rings is 2. The first-order valence-corrected chi connectivity index (χ1v) is 6.59. The lowest BCUT2D eigenvalue weighted by molar-refractivity contribution is -0.120. The number of carbonyl (C=O) groups excluding carboxylic acids is 1. The molecule has 3 nitrogen and oxygen atoms in total. The van der Waals surface area contributed by atoms with Crippen LogP contribution in [0.1, 0.15) is 17.2 Å². The normalized spacial score (nSPS) is 12.1. The Labute approximate surface area is 121 Å². The van der Waals surface area contributed by atoms with Gasteiger partial charge in [-0.1, -0.05) is 30.3 Å². The first kappa shape index (κ1) is 15.1. The molecule has 2 aromatic carbocycles. The third-order valence-electron chi connectivity index (χ3n) is 3.10. The van der Waals surface area contributed by atoms with Gasteiger partial charge in [0.25, 0.3) is 0 Å². The van der Waals surface area contributed by atoms with Crippen LogP contribution >= 0.6 is 0 Å². The largest absolute Gasteiger partial charge is 0.368 e. The van der Waals surface area contributed by atoms with Gasteiger partial charge < -0.3 is 11.1 Å². The zero-order chi connectivity index (χ0) is 15.2. The zero-order valence-electron chi connectivity index (χ0n) is 11.4. The van der Waals surface area contributed by atoms with E-state index in [9.17, 15) is 13.6 Å². The molecule has 0 aliphatic heterocycles. The fraction of sp³-hybridized carbons (Fsp3) is 0.188. The molecule has 0 saturated heterocycles. The zero-order valence-corrected chi connectivity index (χ0v) is 11.4. The van der Waals surface area contributed by atoms with Crippen molar-refractivity contribution in [2.75, 3.05) is 6.54 Å². The second kappa shape index (κ2) is 6.95. The number of hydrogen-bond acceptors (Lipinski definition) is 2. The Bertz CT molecular complexity index is 597. The van der Waals surface area contributed by atoms with Gasteiger partial charge >= 0.3 is 0 Å². The summed E-state index contributed by atoms with van der Waals surface area (Å²) in [4.78, 5) is 11.5. The van der Waals surface area contributed by atoms with Crippen LogP contribution in [0.15, 0.2) is 48.5 Å². The van der Waals surface area contributed by atoms with Crippen LogP contribution in [0.5, 0.6) is 0 Å². The molecule has 2 rings (SSSR count). The molecule has 1 unspecified atom stereocenters. The van der Waals surface area contributed by atoms with E-state index in [2.05, 4.69) is 5.32 Å². The van der Waals surface area contributed by atoms with Crippen molar-refractivity contribution in [2.24, 2.45) is 5.73 Å². The maximum atomic E-state index is 13.1. The van der Waals surface area contributed by atoms with E-state index in [0.29, 0.717) is 18.5 Å². The van der Waals surface area contributed by atoms with Crippen LogP contribution in [-0.2, 0) is 11.2 Å². The number of primary amides is 1. The number of carbonyl (C=O) groups is 1. The predicted octanol–water partition coefficient (Wildman–Crippen LogP) is 2.32. The summed E-state index contributed by atoms with van der Waals surface area (Å²) in [6.07, 6.45) is 0.394. The van der Waals surface area contributed by atoms with Crippen LogP contribution in [0, 0.1) is 11.6 Å². The van der Waals surface area contributed by atoms with Gasteiger partial charge in [0.15, 0.2) is 0 Å². The topological polar surface area (TPSA) is 55.1 Å². The third-order valence-corrected chi connectivity index (χ3v) is 3.10. The first-order valence-electron chi connectivity index (χ1n) is 6.59. The Hall–Kier alpha value is -2.27. The summed E-state index contributed by atoms with van der Waals surface area (Å²) in [7, 11) is 0. The second-order valence-electron chi connectivity index (χ2n) is 4.73. The van der Waals surface area contributed by atoms with Crippen molar-refractivity contribution in [3.8, 4) is 0 Å². The lowest BCUT2D eigenvalue weighted by Gasteiger charge is -2.15. The van der Waals surface area contributed by atoms with E-state index in [1.165, 1.54) is 12.1 Å². The van der Waals surface area contributed by atoms with Crippen LogP contribution in [0.25, 0.3) is 0 Å². The summed E-state index contributed by atoms with van der Waals surface area (Å²) in [5.74, 6) is -1.72. The highest BCUT2D eigenvalue weighted by Crippen LogP contribution is 2.13. The van der Waals surface area contributed by atoms with Crippen LogP contribution < -0.4 is 11.1 Å². The minimum Gasteiger partial charge on any atom is -0.368 e. The fourth-order valence-corrected chi connectivity index (χ4v) is 2.14. The van der Waals surface area contributed by atoms with Crippen LogP contribution in [0.2, 0.25) is 0 Å². The van der Waals surface area contributed by atoms with Crippen molar-refractivity contribution in [1.82, 2.24) is 5.32 Å². The van der Waals surface area contributed by atoms with E-state index < -0.39 is 23.6 Å². The lowest BCUT2D eigenvalue weighted by Crippen LogP contribution is -2.34. The van der Waals surface area contributed by atoms with Crippen molar-refractivity contribution < 1.29 is 13.6 Å². The molecular weight excluding hydrogens is 274 g/mol. The predicted molar refractivity (Wildman–Crippen MR) is 76.4 cm³/mol. The van der Waals surface area contributed by atoms with Crippen molar-refractivity contribution in [1.29, 1.82) is 0 Å². The van der Waals surface area contributed by atoms with E-state index >= 15 is 0 Å². The average Bonchev–Trinajstić information content (AvgIpc) is 2.43. The molecule has 0 fully saturated rings. The van der Waals surface area contributed by atoms with Gasteiger partial charge in [0.2, 0.25) is 5.91 Å². The number of rotatable bonds is 6. The fourth-order valence-electron chi connectivity index (χ4n) is 2.14. The number of hydrogen-bond donors (Lipinski definition) is 2. The smallest absolute Gasteiger partial charge is 0.239 e.